The van der Waals surface area contributed by atoms with E-state index in [9.17, 15) is 22.0 Å². The number of nitrogens with one attached hydrogen (secondary N) is 2. The topological polar surface area (TPSA) is 67.9 Å². The van der Waals surface area contributed by atoms with Gasteiger partial charge in [0, 0.05) is 18.7 Å². The molecule has 2 aromatic heterocycles. The largest absolute Gasteiger partial charge is 0.423 e. The van der Waals surface area contributed by atoms with Gasteiger partial charge in [-0.2, -0.15) is 17.6 Å². The molecule has 4 rings (SSSR count). The molecule has 3 aromatic rings. The number of rotatable bonds is 6. The summed E-state index contributed by atoms with van der Waals surface area (Å²) in [7, 11) is 1.18. The van der Waals surface area contributed by atoms with Gasteiger partial charge in [0.25, 0.3) is 0 Å². The van der Waals surface area contributed by atoms with Gasteiger partial charge in [-0.3, -0.25) is 4.68 Å². The van der Waals surface area contributed by atoms with Crippen molar-refractivity contribution in [2.75, 3.05) is 12.1 Å². The number of aryl methyl sites for hydroxylation is 1. The van der Waals surface area contributed by atoms with Crippen LogP contribution in [0.25, 0.3) is 22.7 Å². The highest BCUT2D eigenvalue weighted by molar-refractivity contribution is 6.33. The Bertz CT molecular complexity index is 1090. The Morgan fingerprint density at radius 2 is 2.00 bits per heavy atom. The second kappa shape index (κ2) is 7.24. The van der Waals surface area contributed by atoms with Gasteiger partial charge in [-0.05, 0) is 31.0 Å². The zero-order valence-electron chi connectivity index (χ0n) is 15.4. The third-order valence-electron chi connectivity index (χ3n) is 4.86. The fourth-order valence-corrected chi connectivity index (χ4v) is 3.14. The summed E-state index contributed by atoms with van der Waals surface area (Å²) in [4.78, 5) is 0. The predicted molar refractivity (Wildman–Crippen MR) is 98.8 cm³/mol. The van der Waals surface area contributed by atoms with E-state index in [4.69, 9.17) is 16.1 Å². The van der Waals surface area contributed by atoms with Crippen LogP contribution in [-0.2, 0) is 13.2 Å². The van der Waals surface area contributed by atoms with Crippen LogP contribution in [0.3, 0.4) is 0 Å². The fourth-order valence-electron chi connectivity index (χ4n) is 2.98. The van der Waals surface area contributed by atoms with Crippen molar-refractivity contribution in [3.05, 3.63) is 40.8 Å². The summed E-state index contributed by atoms with van der Waals surface area (Å²) in [5, 5.41) is 7.20. The van der Waals surface area contributed by atoms with Gasteiger partial charge >= 0.3 is 6.18 Å². The minimum absolute atomic E-state index is 0.131. The second-order valence-corrected chi connectivity index (χ2v) is 7.48. The minimum atomic E-state index is -4.95. The van der Waals surface area contributed by atoms with Crippen molar-refractivity contribution in [3.63, 3.8) is 0 Å². The second-order valence-electron chi connectivity index (χ2n) is 7.07. The van der Waals surface area contributed by atoms with Gasteiger partial charge in [0.2, 0.25) is 5.95 Å². The molecule has 1 fully saturated rings. The number of alkyl halides is 4. The Morgan fingerprint density at radius 1 is 1.27 bits per heavy atom. The molecule has 2 heterocycles. The van der Waals surface area contributed by atoms with Crippen molar-refractivity contribution in [2.24, 2.45) is 7.05 Å². The molecule has 0 saturated heterocycles. The molecule has 0 unspecified atom stereocenters. The molecule has 1 aliphatic carbocycles. The van der Waals surface area contributed by atoms with Crippen LogP contribution >= 0.6 is 11.6 Å². The van der Waals surface area contributed by atoms with Crippen LogP contribution in [0, 0.1) is 5.95 Å². The van der Waals surface area contributed by atoms with Crippen LogP contribution in [0.1, 0.15) is 18.4 Å². The van der Waals surface area contributed by atoms with Crippen molar-refractivity contribution >= 4 is 17.3 Å². The molecule has 1 aromatic carbocycles. The van der Waals surface area contributed by atoms with Crippen molar-refractivity contribution < 1.29 is 26.5 Å². The smallest absolute Gasteiger partial charge is 0.356 e. The Hall–Kier alpha value is -2.66. The first-order chi connectivity index (χ1) is 14.1. The molecule has 12 heteroatoms. The molecular formula is C18H15ClF5N5O. The quantitative estimate of drug-likeness (QED) is 0.412. The van der Waals surface area contributed by atoms with Crippen molar-refractivity contribution in [1.29, 1.82) is 0 Å². The SMILES string of the molecule is Cn1nc(F)c(C(F)(F)F)c1-c1cc(-c2ccc(Cl)c(NNC3(CF)CC3)c2)on1. The Labute approximate surface area is 172 Å². The van der Waals surface area contributed by atoms with Crippen LogP contribution in [0.4, 0.5) is 27.6 Å². The van der Waals surface area contributed by atoms with E-state index in [0.717, 1.165) is 4.68 Å². The van der Waals surface area contributed by atoms with E-state index < -0.39 is 35.6 Å². The summed E-state index contributed by atoms with van der Waals surface area (Å²) in [6.45, 7) is -0.536. The first-order valence-corrected chi connectivity index (χ1v) is 9.17. The maximum absolute atomic E-state index is 13.7. The van der Waals surface area contributed by atoms with Crippen LogP contribution in [0.5, 0.6) is 0 Å². The zero-order chi connectivity index (χ0) is 21.7. The van der Waals surface area contributed by atoms with Crippen molar-refractivity contribution in [3.8, 4) is 22.7 Å². The van der Waals surface area contributed by atoms with E-state index in [0.29, 0.717) is 29.1 Å². The highest BCUT2D eigenvalue weighted by atomic mass is 35.5. The standard InChI is InChI=1S/C18H15ClF5N5O/c1-29-15(14(16(21)26-29)18(22,23)24)12-7-13(30-27-12)9-2-3-10(19)11(6-9)25-28-17(8-20)4-5-17/h2-3,6-7,25,28H,4-5,8H2,1H3. The number of nitrogens with zero attached hydrogens (tertiary/aromatic N) is 3. The van der Waals surface area contributed by atoms with E-state index in [-0.39, 0.29) is 11.5 Å². The molecule has 0 radical (unpaired) electrons. The van der Waals surface area contributed by atoms with Gasteiger partial charge in [-0.15, -0.1) is 5.10 Å². The molecule has 0 bridgehead atoms. The van der Waals surface area contributed by atoms with E-state index in [2.05, 4.69) is 21.1 Å². The predicted octanol–water partition coefficient (Wildman–Crippen LogP) is 4.97. The number of aromatic nitrogens is 3. The Morgan fingerprint density at radius 3 is 2.63 bits per heavy atom. The molecule has 2 N–H and O–H groups in total. The van der Waals surface area contributed by atoms with Crippen molar-refractivity contribution in [1.82, 2.24) is 20.4 Å². The van der Waals surface area contributed by atoms with E-state index in [1.807, 2.05) is 0 Å². The molecule has 0 aliphatic heterocycles. The van der Waals surface area contributed by atoms with Gasteiger partial charge in [0.05, 0.1) is 16.2 Å². The average Bonchev–Trinajstić information content (AvgIpc) is 3.17. The summed E-state index contributed by atoms with van der Waals surface area (Å²) in [6, 6.07) is 5.94. The number of benzene rings is 1. The van der Waals surface area contributed by atoms with Crippen LogP contribution < -0.4 is 10.9 Å². The van der Waals surface area contributed by atoms with Gasteiger partial charge in [0.1, 0.15) is 23.6 Å². The van der Waals surface area contributed by atoms with Crippen LogP contribution in [0.15, 0.2) is 28.8 Å². The summed E-state index contributed by atoms with van der Waals surface area (Å²) in [5.74, 6) is -1.51. The molecule has 30 heavy (non-hydrogen) atoms. The molecular weight excluding hydrogens is 433 g/mol. The van der Waals surface area contributed by atoms with Crippen LogP contribution in [-0.4, -0.2) is 27.2 Å². The Kier molecular flexibility index (Phi) is 4.97. The van der Waals surface area contributed by atoms with Gasteiger partial charge < -0.3 is 9.95 Å². The summed E-state index contributed by atoms with van der Waals surface area (Å²) in [5.41, 5.74) is 3.70. The van der Waals surface area contributed by atoms with E-state index >= 15 is 0 Å². The van der Waals surface area contributed by atoms with E-state index in [1.165, 1.54) is 13.1 Å². The number of anilines is 1. The lowest BCUT2D eigenvalue weighted by molar-refractivity contribution is -0.139. The van der Waals surface area contributed by atoms with Gasteiger partial charge in [-0.1, -0.05) is 16.8 Å². The first-order valence-electron chi connectivity index (χ1n) is 8.79. The maximum Gasteiger partial charge on any atom is 0.423 e. The average molecular weight is 448 g/mol. The highest BCUT2D eigenvalue weighted by Gasteiger charge is 2.43. The highest BCUT2D eigenvalue weighted by Crippen LogP contribution is 2.40. The van der Waals surface area contributed by atoms with E-state index in [1.54, 1.807) is 18.2 Å². The minimum Gasteiger partial charge on any atom is -0.356 e. The zero-order valence-corrected chi connectivity index (χ0v) is 16.2. The van der Waals surface area contributed by atoms with Crippen LogP contribution in [0.2, 0.25) is 5.02 Å². The molecule has 1 saturated carbocycles. The normalized spacial score (nSPS) is 15.4. The van der Waals surface area contributed by atoms with Crippen molar-refractivity contribution in [2.45, 2.75) is 24.6 Å². The molecule has 0 atom stereocenters. The fraction of sp³-hybridized carbons (Fsp3) is 0.333. The summed E-state index contributed by atoms with van der Waals surface area (Å²) < 4.78 is 72.4. The number of hydrogen-bond acceptors (Lipinski definition) is 5. The first kappa shape index (κ1) is 20.6. The number of halogens is 6. The third kappa shape index (κ3) is 3.74. The number of hydrogen-bond donors (Lipinski definition) is 2. The lowest BCUT2D eigenvalue weighted by Gasteiger charge is -2.16. The molecule has 0 amide bonds. The summed E-state index contributed by atoms with van der Waals surface area (Å²) in [6.07, 6.45) is -3.59. The molecule has 0 spiro atoms. The lowest BCUT2D eigenvalue weighted by Crippen LogP contribution is -2.37. The monoisotopic (exact) mass is 447 g/mol. The molecule has 1 aliphatic rings. The number of hydrazine groups is 1. The Balaban J connectivity index is 1.65. The summed E-state index contributed by atoms with van der Waals surface area (Å²) >= 11 is 6.15. The molecule has 160 valence electrons. The molecule has 6 nitrogen and oxygen atoms in total. The van der Waals surface area contributed by atoms with Gasteiger partial charge in [0.15, 0.2) is 5.76 Å². The van der Waals surface area contributed by atoms with Gasteiger partial charge in [-0.25, -0.2) is 9.82 Å². The maximum atomic E-state index is 13.7. The lowest BCUT2D eigenvalue weighted by atomic mass is 10.1. The third-order valence-corrected chi connectivity index (χ3v) is 5.19.